The van der Waals surface area contributed by atoms with Crippen LogP contribution in [0.4, 0.5) is 5.69 Å². The molecule has 1 rings (SSSR count). The van der Waals surface area contributed by atoms with E-state index in [-0.39, 0.29) is 11.3 Å². The summed E-state index contributed by atoms with van der Waals surface area (Å²) >= 11 is 0. The lowest BCUT2D eigenvalue weighted by molar-refractivity contribution is -0.385. The third kappa shape index (κ3) is 1.88. The van der Waals surface area contributed by atoms with Crippen LogP contribution in [0.2, 0.25) is 0 Å². The normalized spacial score (nSPS) is 9.86. The number of hydrogen-bond donors (Lipinski definition) is 0. The molecule has 0 aliphatic rings. The van der Waals surface area contributed by atoms with Gasteiger partial charge in [0, 0.05) is 6.07 Å². The van der Waals surface area contributed by atoms with Gasteiger partial charge in [0.05, 0.1) is 4.92 Å². The van der Waals surface area contributed by atoms with E-state index in [1.54, 1.807) is 12.1 Å². The van der Waals surface area contributed by atoms with Gasteiger partial charge in [-0.25, -0.2) is 0 Å². The van der Waals surface area contributed by atoms with Crippen LogP contribution in [0, 0.1) is 27.4 Å². The summed E-state index contributed by atoms with van der Waals surface area (Å²) in [4.78, 5) is 10.1. The zero-order chi connectivity index (χ0) is 10.7. The Bertz CT molecular complexity index is 405. The fraction of sp³-hybridized carbons (Fsp3) is 0.200. The fourth-order valence-corrected chi connectivity index (χ4v) is 1.09. The van der Waals surface area contributed by atoms with E-state index >= 15 is 0 Å². The van der Waals surface area contributed by atoms with Crippen LogP contribution in [-0.4, -0.2) is 4.92 Å². The van der Waals surface area contributed by atoms with Crippen molar-refractivity contribution >= 4 is 5.69 Å². The Morgan fingerprint density at radius 1 is 1.50 bits per heavy atom. The number of hydrogen-bond acceptors (Lipinski definition) is 3. The maximum Gasteiger partial charge on any atom is 0.287 e. The molecule has 4 heteroatoms. The molecule has 1 aromatic carbocycles. The number of nitriles is 1. The molecule has 71 valence electrons. The molecule has 0 bridgehead atoms. The van der Waals surface area contributed by atoms with E-state index in [9.17, 15) is 10.1 Å². The van der Waals surface area contributed by atoms with Crippen molar-refractivity contribution in [2.24, 2.45) is 0 Å². The number of rotatable bonds is 2. The molecule has 0 aliphatic heterocycles. The van der Waals surface area contributed by atoms with Crippen LogP contribution in [-0.2, 0) is 0 Å². The number of nitrogens with zero attached hydrogens (tertiary/aromatic N) is 2. The van der Waals surface area contributed by atoms with Crippen LogP contribution in [0.25, 0.3) is 0 Å². The van der Waals surface area contributed by atoms with E-state index in [2.05, 4.69) is 0 Å². The molecule has 0 saturated heterocycles. The second-order valence-electron chi connectivity index (χ2n) is 3.10. The molecule has 0 unspecified atom stereocenters. The maximum atomic E-state index is 10.6. The Hall–Kier alpha value is -1.89. The lowest BCUT2D eigenvalue weighted by atomic mass is 10.0. The molecular formula is C10H9N2O2. The van der Waals surface area contributed by atoms with E-state index in [1.807, 2.05) is 13.8 Å². The molecule has 0 aliphatic carbocycles. The number of benzene rings is 1. The monoisotopic (exact) mass is 189 g/mol. The molecule has 1 radical (unpaired) electrons. The predicted molar refractivity (Wildman–Crippen MR) is 51.5 cm³/mol. The van der Waals surface area contributed by atoms with Crippen LogP contribution in [0.1, 0.15) is 25.0 Å². The lowest BCUT2D eigenvalue weighted by Gasteiger charge is -2.04. The van der Waals surface area contributed by atoms with Crippen LogP contribution < -0.4 is 0 Å². The van der Waals surface area contributed by atoms with Gasteiger partial charge in [-0.1, -0.05) is 19.9 Å². The molecule has 0 amide bonds. The summed E-state index contributed by atoms with van der Waals surface area (Å²) in [5, 5.41) is 19.2. The smallest absolute Gasteiger partial charge is 0.258 e. The zero-order valence-electron chi connectivity index (χ0n) is 7.94. The molecule has 0 heterocycles. The minimum atomic E-state index is -0.537. The third-order valence-electron chi connectivity index (χ3n) is 1.89. The minimum Gasteiger partial charge on any atom is -0.258 e. The van der Waals surface area contributed by atoms with E-state index in [4.69, 9.17) is 5.26 Å². The van der Waals surface area contributed by atoms with Gasteiger partial charge in [-0.15, -0.1) is 0 Å². The molecule has 0 spiro atoms. The summed E-state index contributed by atoms with van der Waals surface area (Å²) in [5.74, 6) is 0.984. The van der Waals surface area contributed by atoms with Crippen molar-refractivity contribution in [3.63, 3.8) is 0 Å². The van der Waals surface area contributed by atoms with Crippen molar-refractivity contribution in [2.75, 3.05) is 0 Å². The van der Waals surface area contributed by atoms with Gasteiger partial charge in [-0.3, -0.25) is 10.1 Å². The molecule has 0 fully saturated rings. The summed E-state index contributed by atoms with van der Waals surface area (Å²) < 4.78 is 0. The number of nitro groups is 1. The molecule has 0 atom stereocenters. The van der Waals surface area contributed by atoms with E-state index < -0.39 is 4.92 Å². The van der Waals surface area contributed by atoms with Crippen molar-refractivity contribution in [3.8, 4) is 6.07 Å². The Labute approximate surface area is 81.9 Å². The van der Waals surface area contributed by atoms with Crippen molar-refractivity contribution in [3.05, 3.63) is 45.4 Å². The standard InChI is InChI=1S/C10H9N2O2/c1-7(2)8-3-4-9(6-11)10(5-8)12(13)14/h3-5H,1-2H3. The minimum absolute atomic E-state index is 0.0972. The van der Waals surface area contributed by atoms with Crippen molar-refractivity contribution < 1.29 is 4.92 Å². The van der Waals surface area contributed by atoms with Crippen molar-refractivity contribution in [2.45, 2.75) is 13.8 Å². The molecule has 0 aromatic heterocycles. The first kappa shape index (κ1) is 10.2. The molecule has 1 aromatic rings. The largest absolute Gasteiger partial charge is 0.287 e. The molecular weight excluding hydrogens is 180 g/mol. The first-order valence-corrected chi connectivity index (χ1v) is 4.05. The number of nitro benzene ring substituents is 1. The SMILES string of the molecule is C[C](C)c1ccc(C#N)c([N+](=O)[O-])c1. The summed E-state index contributed by atoms with van der Waals surface area (Å²) in [6.45, 7) is 3.73. The lowest BCUT2D eigenvalue weighted by Crippen LogP contribution is -1.95. The third-order valence-corrected chi connectivity index (χ3v) is 1.89. The van der Waals surface area contributed by atoms with E-state index in [1.165, 1.54) is 12.1 Å². The van der Waals surface area contributed by atoms with Crippen molar-refractivity contribution in [1.29, 1.82) is 5.26 Å². The van der Waals surface area contributed by atoms with Gasteiger partial charge < -0.3 is 0 Å². The highest BCUT2D eigenvalue weighted by Gasteiger charge is 2.15. The predicted octanol–water partition coefficient (Wildman–Crippen LogP) is 2.43. The maximum absolute atomic E-state index is 10.6. The van der Waals surface area contributed by atoms with Gasteiger partial charge in [0.25, 0.3) is 5.69 Å². The summed E-state index contributed by atoms with van der Waals surface area (Å²) in [6, 6.07) is 6.40. The van der Waals surface area contributed by atoms with Crippen LogP contribution in [0.3, 0.4) is 0 Å². The Morgan fingerprint density at radius 3 is 2.57 bits per heavy atom. The quantitative estimate of drug-likeness (QED) is 0.530. The zero-order valence-corrected chi connectivity index (χ0v) is 7.94. The highest BCUT2D eigenvalue weighted by atomic mass is 16.6. The topological polar surface area (TPSA) is 66.9 Å². The highest BCUT2D eigenvalue weighted by Crippen LogP contribution is 2.23. The van der Waals surface area contributed by atoms with E-state index in [0.717, 1.165) is 11.5 Å². The van der Waals surface area contributed by atoms with Gasteiger partial charge in [0.2, 0.25) is 0 Å². The summed E-state index contributed by atoms with van der Waals surface area (Å²) in [6.07, 6.45) is 0. The van der Waals surface area contributed by atoms with E-state index in [0.29, 0.717) is 0 Å². The summed E-state index contributed by atoms with van der Waals surface area (Å²) in [7, 11) is 0. The fourth-order valence-electron chi connectivity index (χ4n) is 1.09. The van der Waals surface area contributed by atoms with Gasteiger partial charge in [0.1, 0.15) is 11.6 Å². The van der Waals surface area contributed by atoms with Gasteiger partial charge in [0.15, 0.2) is 0 Å². The molecule has 0 N–H and O–H groups in total. The average Bonchev–Trinajstić information content (AvgIpc) is 2.16. The molecule has 0 saturated carbocycles. The first-order valence-electron chi connectivity index (χ1n) is 4.05. The second kappa shape index (κ2) is 3.88. The van der Waals surface area contributed by atoms with Crippen LogP contribution in [0.5, 0.6) is 0 Å². The van der Waals surface area contributed by atoms with Gasteiger partial charge in [-0.2, -0.15) is 5.26 Å². The Balaban J connectivity index is 3.30. The van der Waals surface area contributed by atoms with Crippen LogP contribution in [0.15, 0.2) is 18.2 Å². The van der Waals surface area contributed by atoms with Gasteiger partial charge >= 0.3 is 0 Å². The first-order chi connectivity index (χ1) is 6.56. The van der Waals surface area contributed by atoms with Crippen LogP contribution >= 0.6 is 0 Å². The second-order valence-corrected chi connectivity index (χ2v) is 3.10. The average molecular weight is 189 g/mol. The molecule has 4 nitrogen and oxygen atoms in total. The Morgan fingerprint density at radius 2 is 2.14 bits per heavy atom. The highest BCUT2D eigenvalue weighted by molar-refractivity contribution is 5.52. The van der Waals surface area contributed by atoms with Crippen molar-refractivity contribution in [1.82, 2.24) is 0 Å². The molecule has 14 heavy (non-hydrogen) atoms. The van der Waals surface area contributed by atoms with Gasteiger partial charge in [-0.05, 0) is 17.5 Å². The Kier molecular flexibility index (Phi) is 2.82. The summed E-state index contributed by atoms with van der Waals surface area (Å²) in [5.41, 5.74) is 0.752.